The van der Waals surface area contributed by atoms with Gasteiger partial charge >= 0.3 is 41.8 Å². The summed E-state index contributed by atoms with van der Waals surface area (Å²) < 4.78 is 166. The third-order valence-electron chi connectivity index (χ3n) is 2.95. The molecule has 0 aliphatic rings. The van der Waals surface area contributed by atoms with Crippen LogP contribution in [-0.2, 0) is 14.4 Å². The molecule has 5 nitrogen and oxygen atoms in total. The lowest BCUT2D eigenvalue weighted by molar-refractivity contribution is -0.439. The Balaban J connectivity index is 0. The molecule has 0 heterocycles. The molecule has 1 unspecified atom stereocenters. The number of carboxylic acids is 1. The fourth-order valence-corrected chi connectivity index (χ4v) is 1.37. The van der Waals surface area contributed by atoms with Crippen LogP contribution in [0.4, 0.5) is 57.1 Å². The number of carboxylic acid groups (broad SMARTS) is 1. The smallest absolute Gasteiger partial charge is 0.460 e. The zero-order valence-corrected chi connectivity index (χ0v) is 14.5. The quantitative estimate of drug-likeness (QED) is 0.282. The molecular weight excluding hydrogens is 471 g/mol. The van der Waals surface area contributed by atoms with Gasteiger partial charge in [-0.1, -0.05) is 0 Å². The third kappa shape index (κ3) is 5.99. The van der Waals surface area contributed by atoms with E-state index in [4.69, 9.17) is 10.4 Å². The van der Waals surface area contributed by atoms with Gasteiger partial charge in [0.05, 0.1) is 6.61 Å². The Morgan fingerprint density at radius 1 is 0.800 bits per heavy atom. The van der Waals surface area contributed by atoms with Gasteiger partial charge in [-0.15, -0.1) is 0 Å². The van der Waals surface area contributed by atoms with Gasteiger partial charge in [-0.3, -0.25) is 10.1 Å². The molecule has 0 bridgehead atoms. The summed E-state index contributed by atoms with van der Waals surface area (Å²) in [5.74, 6) is -40.8. The van der Waals surface area contributed by atoms with Gasteiger partial charge in [-0.25, -0.2) is 4.89 Å². The molecule has 0 saturated carbocycles. The van der Waals surface area contributed by atoms with Crippen molar-refractivity contribution in [3.63, 3.8) is 0 Å². The normalized spacial score (nSPS) is 15.3. The van der Waals surface area contributed by atoms with E-state index < -0.39 is 48.2 Å². The van der Waals surface area contributed by atoms with Gasteiger partial charge in [-0.05, 0) is 6.92 Å². The van der Waals surface area contributed by atoms with Crippen molar-refractivity contribution in [1.82, 2.24) is 0 Å². The molecule has 0 radical (unpaired) electrons. The number of carbonyl (C=O) groups is 1. The predicted molar refractivity (Wildman–Crippen MR) is 68.1 cm³/mol. The number of alkyl halides is 13. The van der Waals surface area contributed by atoms with Gasteiger partial charge in [0.2, 0.25) is 0 Å². The van der Waals surface area contributed by atoms with Crippen LogP contribution in [0.3, 0.4) is 0 Å². The van der Waals surface area contributed by atoms with Crippen molar-refractivity contribution in [2.45, 2.75) is 55.2 Å². The third-order valence-corrected chi connectivity index (χ3v) is 2.95. The van der Waals surface area contributed by atoms with E-state index in [2.05, 4.69) is 9.62 Å². The number of ether oxygens (including phenoxy) is 1. The Morgan fingerprint density at radius 2 is 1.17 bits per heavy atom. The van der Waals surface area contributed by atoms with Crippen molar-refractivity contribution < 1.29 is 81.9 Å². The van der Waals surface area contributed by atoms with Crippen LogP contribution in [0.1, 0.15) is 13.3 Å². The van der Waals surface area contributed by atoms with Crippen LogP contribution in [0, 0.1) is 0 Å². The fourth-order valence-electron chi connectivity index (χ4n) is 1.37. The number of hydrogen-bond donors (Lipinski definition) is 2. The highest BCUT2D eigenvalue weighted by Crippen LogP contribution is 2.60. The van der Waals surface area contributed by atoms with Crippen LogP contribution in [0.15, 0.2) is 0 Å². The van der Waals surface area contributed by atoms with Crippen molar-refractivity contribution in [3.8, 4) is 0 Å². The predicted octanol–water partition coefficient (Wildman–Crippen LogP) is 4.71. The SMILES string of the molecule is COCC(C)OO.O=C(O)CC(F)(F)C(F)(F)C(F)(F)C(F)(F)C(F)(F)C(F)(F)F. The first kappa shape index (κ1) is 30.6. The summed E-state index contributed by atoms with van der Waals surface area (Å²) in [4.78, 5) is 13.7. The average molecular weight is 484 g/mol. The first-order valence-corrected chi connectivity index (χ1v) is 6.94. The topological polar surface area (TPSA) is 76.0 Å². The van der Waals surface area contributed by atoms with Gasteiger partial charge in [0.1, 0.15) is 12.5 Å². The summed E-state index contributed by atoms with van der Waals surface area (Å²) in [6.45, 7) is 2.14. The Hall–Kier alpha value is -1.56. The summed E-state index contributed by atoms with van der Waals surface area (Å²) in [5.41, 5.74) is 0. The van der Waals surface area contributed by atoms with Crippen molar-refractivity contribution in [2.24, 2.45) is 0 Å². The van der Waals surface area contributed by atoms with Gasteiger partial charge in [0.25, 0.3) is 0 Å². The number of aliphatic carboxylic acids is 1. The Bertz CT molecular complexity index is 561. The van der Waals surface area contributed by atoms with E-state index in [1.807, 2.05) is 0 Å². The van der Waals surface area contributed by atoms with E-state index in [1.54, 1.807) is 14.0 Å². The molecule has 2 N–H and O–H groups in total. The average Bonchev–Trinajstić information content (AvgIpc) is 2.52. The summed E-state index contributed by atoms with van der Waals surface area (Å²) in [5, 5.41) is 15.7. The largest absolute Gasteiger partial charge is 0.481 e. The van der Waals surface area contributed by atoms with Crippen molar-refractivity contribution in [1.29, 1.82) is 0 Å². The minimum atomic E-state index is -8.01. The minimum Gasteiger partial charge on any atom is -0.481 e. The van der Waals surface area contributed by atoms with Crippen LogP contribution >= 0.6 is 0 Å². The molecule has 0 aromatic heterocycles. The van der Waals surface area contributed by atoms with Crippen molar-refractivity contribution in [2.75, 3.05) is 13.7 Å². The fraction of sp³-hybridized carbons (Fsp3) is 0.917. The van der Waals surface area contributed by atoms with E-state index in [9.17, 15) is 61.9 Å². The van der Waals surface area contributed by atoms with E-state index in [0.29, 0.717) is 6.61 Å². The second-order valence-corrected chi connectivity index (χ2v) is 5.44. The molecule has 0 amide bonds. The molecule has 18 heteroatoms. The molecule has 0 spiro atoms. The van der Waals surface area contributed by atoms with Crippen LogP contribution in [0.25, 0.3) is 0 Å². The lowest BCUT2D eigenvalue weighted by atomic mass is 9.92. The second-order valence-electron chi connectivity index (χ2n) is 5.44. The lowest BCUT2D eigenvalue weighted by Crippen LogP contribution is -2.70. The molecular formula is C12H13F13O5. The first-order chi connectivity index (χ1) is 13.0. The van der Waals surface area contributed by atoms with Crippen LogP contribution in [0.2, 0.25) is 0 Å². The second kappa shape index (κ2) is 9.71. The van der Waals surface area contributed by atoms with E-state index >= 15 is 0 Å². The number of hydrogen-bond acceptors (Lipinski definition) is 4. The molecule has 30 heavy (non-hydrogen) atoms. The summed E-state index contributed by atoms with van der Waals surface area (Å²) in [6, 6.07) is 0. The van der Waals surface area contributed by atoms with E-state index in [1.165, 1.54) is 0 Å². The summed E-state index contributed by atoms with van der Waals surface area (Å²) in [6.07, 6.45) is -10.9. The Labute approximate surface area is 158 Å². The molecule has 0 saturated heterocycles. The number of methoxy groups -OCH3 is 1. The molecule has 182 valence electrons. The van der Waals surface area contributed by atoms with Crippen LogP contribution in [0.5, 0.6) is 0 Å². The maximum Gasteiger partial charge on any atom is 0.460 e. The Morgan fingerprint density at radius 3 is 1.40 bits per heavy atom. The number of halogens is 13. The molecule has 0 rings (SSSR count). The van der Waals surface area contributed by atoms with Gasteiger partial charge < -0.3 is 9.84 Å². The van der Waals surface area contributed by atoms with Crippen molar-refractivity contribution in [3.05, 3.63) is 0 Å². The monoisotopic (exact) mass is 484 g/mol. The first-order valence-electron chi connectivity index (χ1n) is 6.94. The number of rotatable bonds is 9. The highest BCUT2D eigenvalue weighted by atomic mass is 19.4. The molecule has 1 atom stereocenters. The lowest BCUT2D eigenvalue weighted by Gasteiger charge is -2.39. The maximum absolute atomic E-state index is 12.8. The molecule has 0 aliphatic carbocycles. The van der Waals surface area contributed by atoms with Gasteiger partial charge in [-0.2, -0.15) is 57.1 Å². The minimum absolute atomic E-state index is 0.218. The zero-order chi connectivity index (χ0) is 25.0. The zero-order valence-electron chi connectivity index (χ0n) is 14.5. The van der Waals surface area contributed by atoms with E-state index in [0.717, 1.165) is 0 Å². The highest BCUT2D eigenvalue weighted by Gasteiger charge is 2.90. The van der Waals surface area contributed by atoms with E-state index in [-0.39, 0.29) is 6.10 Å². The standard InChI is InChI=1S/C8H3F13O2.C4H10O3/c9-3(10,1-2(22)23)4(11,12)5(13,14)6(15,16)7(17,18)8(19,20)21;1-4(7-5)3-6-2/h1H2,(H,22,23);4-5H,3H2,1-2H3. The Kier molecular flexibility index (Phi) is 9.92. The maximum atomic E-state index is 12.8. The van der Waals surface area contributed by atoms with Crippen molar-refractivity contribution >= 4 is 5.97 Å². The molecule has 0 aromatic carbocycles. The summed E-state index contributed by atoms with van der Waals surface area (Å²) >= 11 is 0. The van der Waals surface area contributed by atoms with Gasteiger partial charge in [0.15, 0.2) is 0 Å². The van der Waals surface area contributed by atoms with Gasteiger partial charge in [0, 0.05) is 7.11 Å². The van der Waals surface area contributed by atoms with Crippen LogP contribution in [-0.4, -0.2) is 71.9 Å². The molecule has 0 aliphatic heterocycles. The van der Waals surface area contributed by atoms with Crippen LogP contribution < -0.4 is 0 Å². The molecule has 0 fully saturated rings. The molecule has 0 aromatic rings. The highest BCUT2D eigenvalue weighted by molar-refractivity contribution is 5.68. The summed E-state index contributed by atoms with van der Waals surface area (Å²) in [7, 11) is 1.55.